The van der Waals surface area contributed by atoms with Crippen molar-refractivity contribution in [3.8, 4) is 5.75 Å². The molecule has 1 heterocycles. The Balaban J connectivity index is 2.02. The Kier molecular flexibility index (Phi) is 4.31. The fourth-order valence-corrected chi connectivity index (χ4v) is 2.08. The second-order valence-electron chi connectivity index (χ2n) is 4.51. The summed E-state index contributed by atoms with van der Waals surface area (Å²) >= 11 is 0. The van der Waals surface area contributed by atoms with Crippen LogP contribution in [0.4, 0.5) is 8.78 Å². The maximum atomic E-state index is 12.2. The second kappa shape index (κ2) is 5.97. The van der Waals surface area contributed by atoms with Gasteiger partial charge in [-0.25, -0.2) is 0 Å². The van der Waals surface area contributed by atoms with Gasteiger partial charge in [0.05, 0.1) is 0 Å². The van der Waals surface area contributed by atoms with E-state index in [-0.39, 0.29) is 17.7 Å². The largest absolute Gasteiger partial charge is 0.435 e. The molecular formula is C13H16F2N2O2. The van der Waals surface area contributed by atoms with Crippen LogP contribution >= 0.6 is 0 Å². The van der Waals surface area contributed by atoms with Gasteiger partial charge in [0.1, 0.15) is 5.75 Å². The number of nitrogens with zero attached hydrogens (tertiary/aromatic N) is 1. The Morgan fingerprint density at radius 1 is 1.42 bits per heavy atom. The van der Waals surface area contributed by atoms with Gasteiger partial charge >= 0.3 is 6.61 Å². The minimum atomic E-state index is -2.85. The fraction of sp³-hybridized carbons (Fsp3) is 0.462. The first-order valence-corrected chi connectivity index (χ1v) is 6.14. The predicted octanol–water partition coefficient (Wildman–Crippen LogP) is 1.72. The zero-order valence-corrected chi connectivity index (χ0v) is 10.6. The minimum Gasteiger partial charge on any atom is -0.435 e. The molecule has 4 nitrogen and oxygen atoms in total. The van der Waals surface area contributed by atoms with E-state index in [4.69, 9.17) is 0 Å². The molecule has 0 unspecified atom stereocenters. The highest BCUT2D eigenvalue weighted by molar-refractivity contribution is 5.94. The quantitative estimate of drug-likeness (QED) is 0.909. The van der Waals surface area contributed by atoms with Gasteiger partial charge in [-0.3, -0.25) is 4.79 Å². The van der Waals surface area contributed by atoms with E-state index in [0.29, 0.717) is 18.7 Å². The highest BCUT2D eigenvalue weighted by Gasteiger charge is 2.21. The molecular weight excluding hydrogens is 254 g/mol. The molecule has 1 amide bonds. The summed E-state index contributed by atoms with van der Waals surface area (Å²) in [5.74, 6) is -0.0304. The lowest BCUT2D eigenvalue weighted by atomic mass is 10.1. The van der Waals surface area contributed by atoms with Crippen molar-refractivity contribution in [1.82, 2.24) is 10.2 Å². The average molecular weight is 270 g/mol. The zero-order chi connectivity index (χ0) is 13.8. The lowest BCUT2D eigenvalue weighted by molar-refractivity contribution is -0.0498. The molecule has 1 aliphatic rings. The SMILES string of the molecule is C[C@@H]1CN(C(=O)c2ccc(OC(F)F)cc2)CCN1. The monoisotopic (exact) mass is 270 g/mol. The third-order valence-electron chi connectivity index (χ3n) is 2.98. The van der Waals surface area contributed by atoms with Crippen molar-refractivity contribution >= 4 is 5.91 Å². The smallest absolute Gasteiger partial charge is 0.387 e. The molecule has 1 aromatic carbocycles. The highest BCUT2D eigenvalue weighted by Crippen LogP contribution is 2.16. The van der Waals surface area contributed by atoms with E-state index in [9.17, 15) is 13.6 Å². The maximum absolute atomic E-state index is 12.2. The van der Waals surface area contributed by atoms with Crippen LogP contribution in [0.5, 0.6) is 5.75 Å². The Bertz CT molecular complexity index is 437. The molecule has 0 spiro atoms. The number of piperazine rings is 1. The van der Waals surface area contributed by atoms with Crippen LogP contribution in [0.25, 0.3) is 0 Å². The highest BCUT2D eigenvalue weighted by atomic mass is 19.3. The summed E-state index contributed by atoms with van der Waals surface area (Å²) in [4.78, 5) is 13.9. The van der Waals surface area contributed by atoms with Gasteiger partial charge in [-0.05, 0) is 31.2 Å². The van der Waals surface area contributed by atoms with E-state index < -0.39 is 6.61 Å². The molecule has 1 atom stereocenters. The van der Waals surface area contributed by atoms with Gasteiger partial charge in [-0.15, -0.1) is 0 Å². The van der Waals surface area contributed by atoms with Crippen LogP contribution in [0.2, 0.25) is 0 Å². The van der Waals surface area contributed by atoms with Gasteiger partial charge in [-0.2, -0.15) is 8.78 Å². The molecule has 1 aromatic rings. The standard InChI is InChI=1S/C13H16F2N2O2/c1-9-8-17(7-6-16-9)12(18)10-2-4-11(5-3-10)19-13(14)15/h2-5,9,13,16H,6-8H2,1H3/t9-/m1/s1. The summed E-state index contributed by atoms with van der Waals surface area (Å²) in [6.07, 6.45) is 0. The number of ether oxygens (including phenoxy) is 1. The number of hydrogen-bond donors (Lipinski definition) is 1. The molecule has 6 heteroatoms. The van der Waals surface area contributed by atoms with E-state index in [1.54, 1.807) is 4.90 Å². The number of rotatable bonds is 3. The van der Waals surface area contributed by atoms with Gasteiger partial charge in [-0.1, -0.05) is 0 Å². The number of carbonyl (C=O) groups excluding carboxylic acids is 1. The number of amides is 1. The summed E-state index contributed by atoms with van der Waals surface area (Å²) < 4.78 is 28.3. The van der Waals surface area contributed by atoms with Gasteiger partial charge < -0.3 is 15.0 Å². The van der Waals surface area contributed by atoms with Gasteiger partial charge in [0.25, 0.3) is 5.91 Å². The van der Waals surface area contributed by atoms with Crippen molar-refractivity contribution in [3.05, 3.63) is 29.8 Å². The Morgan fingerprint density at radius 2 is 2.11 bits per heavy atom. The average Bonchev–Trinajstić information content (AvgIpc) is 2.38. The molecule has 0 saturated carbocycles. The second-order valence-corrected chi connectivity index (χ2v) is 4.51. The molecule has 0 aromatic heterocycles. The molecule has 1 aliphatic heterocycles. The molecule has 104 valence electrons. The zero-order valence-electron chi connectivity index (χ0n) is 10.6. The van der Waals surface area contributed by atoms with Crippen LogP contribution in [0.1, 0.15) is 17.3 Å². The van der Waals surface area contributed by atoms with Crippen LogP contribution in [-0.4, -0.2) is 43.1 Å². The summed E-state index contributed by atoms with van der Waals surface area (Å²) in [7, 11) is 0. The molecule has 2 rings (SSSR count). The van der Waals surface area contributed by atoms with Crippen molar-refractivity contribution < 1.29 is 18.3 Å². The number of benzene rings is 1. The third-order valence-corrected chi connectivity index (χ3v) is 2.98. The van der Waals surface area contributed by atoms with Crippen molar-refractivity contribution in [3.63, 3.8) is 0 Å². The van der Waals surface area contributed by atoms with E-state index in [1.807, 2.05) is 6.92 Å². The van der Waals surface area contributed by atoms with Gasteiger partial charge in [0.2, 0.25) is 0 Å². The third kappa shape index (κ3) is 3.64. The fourth-order valence-electron chi connectivity index (χ4n) is 2.08. The summed E-state index contributed by atoms with van der Waals surface area (Å²) in [6, 6.07) is 6.04. The lowest BCUT2D eigenvalue weighted by Gasteiger charge is -2.32. The molecule has 19 heavy (non-hydrogen) atoms. The number of halogens is 2. The number of carbonyl (C=O) groups is 1. The van der Waals surface area contributed by atoms with Crippen LogP contribution in [0, 0.1) is 0 Å². The minimum absolute atomic E-state index is 0.0558. The van der Waals surface area contributed by atoms with Crippen LogP contribution < -0.4 is 10.1 Å². The Labute approximate surface area is 110 Å². The molecule has 1 saturated heterocycles. The van der Waals surface area contributed by atoms with Crippen molar-refractivity contribution in [2.24, 2.45) is 0 Å². The Morgan fingerprint density at radius 3 is 2.68 bits per heavy atom. The van der Waals surface area contributed by atoms with E-state index in [0.717, 1.165) is 6.54 Å². The first kappa shape index (κ1) is 13.7. The van der Waals surface area contributed by atoms with Crippen LogP contribution in [0.3, 0.4) is 0 Å². The lowest BCUT2D eigenvalue weighted by Crippen LogP contribution is -2.51. The van der Waals surface area contributed by atoms with Crippen molar-refractivity contribution in [2.45, 2.75) is 19.6 Å². The van der Waals surface area contributed by atoms with Crippen LogP contribution in [-0.2, 0) is 0 Å². The van der Waals surface area contributed by atoms with E-state index >= 15 is 0 Å². The van der Waals surface area contributed by atoms with Crippen molar-refractivity contribution in [1.29, 1.82) is 0 Å². The Hall–Kier alpha value is -1.69. The van der Waals surface area contributed by atoms with Gasteiger partial charge in [0, 0.05) is 31.2 Å². The maximum Gasteiger partial charge on any atom is 0.387 e. The van der Waals surface area contributed by atoms with E-state index in [2.05, 4.69) is 10.1 Å². The first-order chi connectivity index (χ1) is 9.06. The summed E-state index contributed by atoms with van der Waals surface area (Å²) in [5, 5.41) is 3.25. The van der Waals surface area contributed by atoms with Crippen molar-refractivity contribution in [2.75, 3.05) is 19.6 Å². The van der Waals surface area contributed by atoms with Crippen LogP contribution in [0.15, 0.2) is 24.3 Å². The molecule has 0 bridgehead atoms. The first-order valence-electron chi connectivity index (χ1n) is 6.14. The summed E-state index contributed by atoms with van der Waals surface area (Å²) in [5.41, 5.74) is 0.482. The normalized spacial score (nSPS) is 19.6. The topological polar surface area (TPSA) is 41.6 Å². The predicted molar refractivity (Wildman–Crippen MR) is 66.4 cm³/mol. The molecule has 0 radical (unpaired) electrons. The molecule has 0 aliphatic carbocycles. The van der Waals surface area contributed by atoms with Gasteiger partial charge in [0.15, 0.2) is 0 Å². The number of alkyl halides is 2. The number of nitrogens with one attached hydrogen (secondary N) is 1. The van der Waals surface area contributed by atoms with E-state index in [1.165, 1.54) is 24.3 Å². The number of hydrogen-bond acceptors (Lipinski definition) is 3. The molecule has 1 N–H and O–H groups in total. The summed E-state index contributed by atoms with van der Waals surface area (Å²) in [6.45, 7) is 1.22. The molecule has 1 fully saturated rings.